The highest BCUT2D eigenvalue weighted by molar-refractivity contribution is 5.91. The molecular weight excluding hydrogens is 316 g/mol. The van der Waals surface area contributed by atoms with Crippen molar-refractivity contribution in [3.63, 3.8) is 0 Å². The van der Waals surface area contributed by atoms with Gasteiger partial charge in [0.2, 0.25) is 0 Å². The van der Waals surface area contributed by atoms with Gasteiger partial charge in [0, 0.05) is 31.1 Å². The van der Waals surface area contributed by atoms with E-state index < -0.39 is 0 Å². The van der Waals surface area contributed by atoms with E-state index >= 15 is 0 Å². The number of carbonyl (C=O) groups is 2. The van der Waals surface area contributed by atoms with E-state index in [1.165, 1.54) is 12.5 Å². The summed E-state index contributed by atoms with van der Waals surface area (Å²) in [5, 5.41) is 10.7. The summed E-state index contributed by atoms with van der Waals surface area (Å²) in [5.74, 6) is 1.27. The quantitative estimate of drug-likeness (QED) is 0.739. The monoisotopic (exact) mass is 346 g/mol. The van der Waals surface area contributed by atoms with Gasteiger partial charge in [0.05, 0.1) is 6.10 Å². The van der Waals surface area contributed by atoms with Gasteiger partial charge in [0.15, 0.2) is 5.78 Å². The third-order valence-corrected chi connectivity index (χ3v) is 8.19. The molecule has 7 atom stereocenters. The fourth-order valence-corrected chi connectivity index (χ4v) is 6.90. The van der Waals surface area contributed by atoms with E-state index in [-0.39, 0.29) is 40.7 Å². The van der Waals surface area contributed by atoms with E-state index in [2.05, 4.69) is 13.8 Å². The van der Waals surface area contributed by atoms with Gasteiger partial charge in [-0.15, -0.1) is 0 Å². The molecule has 0 bridgehead atoms. The van der Waals surface area contributed by atoms with Gasteiger partial charge < -0.3 is 9.84 Å². The molecule has 0 radical (unpaired) electrons. The SMILES string of the molecule is CC(=O)OC1C[C@H](O)[C@@]2(C)CC[C@H]3[C@@H](CCC4=CC(=O)CC[C@@]43C)[C@H]12. The summed E-state index contributed by atoms with van der Waals surface area (Å²) in [5.41, 5.74) is 1.30. The van der Waals surface area contributed by atoms with Gasteiger partial charge in [0.25, 0.3) is 0 Å². The molecule has 0 amide bonds. The number of ketones is 1. The van der Waals surface area contributed by atoms with Crippen molar-refractivity contribution in [1.82, 2.24) is 0 Å². The van der Waals surface area contributed by atoms with Crippen LogP contribution in [0.3, 0.4) is 0 Å². The van der Waals surface area contributed by atoms with E-state index in [9.17, 15) is 14.7 Å². The Kier molecular flexibility index (Phi) is 3.91. The number of fused-ring (bicyclic) bond motifs is 5. The molecule has 0 aromatic rings. The van der Waals surface area contributed by atoms with Crippen molar-refractivity contribution in [3.8, 4) is 0 Å². The molecular formula is C21H30O4. The standard InChI is InChI=1S/C21H30O4/c1-12(22)25-17-11-18(24)21(3)9-7-16-15(19(17)21)5-4-13-10-14(23)6-8-20(13,16)2/h10,15-19,24H,4-9,11H2,1-3H3/t15-,16+,17?,18+,19-,20+,21-/m1/s1. The van der Waals surface area contributed by atoms with Gasteiger partial charge in [-0.2, -0.15) is 0 Å². The van der Waals surface area contributed by atoms with Crippen LogP contribution in [0.5, 0.6) is 0 Å². The van der Waals surface area contributed by atoms with Crippen LogP contribution in [0.4, 0.5) is 0 Å². The lowest BCUT2D eigenvalue weighted by molar-refractivity contribution is -0.155. The summed E-state index contributed by atoms with van der Waals surface area (Å²) in [7, 11) is 0. The number of rotatable bonds is 1. The van der Waals surface area contributed by atoms with Crippen molar-refractivity contribution in [1.29, 1.82) is 0 Å². The van der Waals surface area contributed by atoms with Gasteiger partial charge >= 0.3 is 5.97 Å². The summed E-state index contributed by atoms with van der Waals surface area (Å²) in [6.07, 6.45) is 7.64. The predicted molar refractivity (Wildman–Crippen MR) is 93.7 cm³/mol. The summed E-state index contributed by atoms with van der Waals surface area (Å²) >= 11 is 0. The number of allylic oxidation sites excluding steroid dienone is 1. The molecule has 0 spiro atoms. The Labute approximate surface area is 150 Å². The Bertz CT molecular complexity index is 638. The van der Waals surface area contributed by atoms with Gasteiger partial charge in [-0.05, 0) is 55.4 Å². The minimum absolute atomic E-state index is 0.104. The average Bonchev–Trinajstić information content (AvgIpc) is 2.78. The normalized spacial score (nSPS) is 48.9. The number of aliphatic hydroxyl groups excluding tert-OH is 1. The second-order valence-electron chi connectivity index (χ2n) is 9.33. The molecule has 4 heteroatoms. The number of hydrogen-bond acceptors (Lipinski definition) is 4. The smallest absolute Gasteiger partial charge is 0.302 e. The Hall–Kier alpha value is -1.16. The first-order chi connectivity index (χ1) is 11.8. The highest BCUT2D eigenvalue weighted by Gasteiger charge is 2.62. The van der Waals surface area contributed by atoms with Crippen LogP contribution in [-0.4, -0.2) is 29.1 Å². The highest BCUT2D eigenvalue weighted by Crippen LogP contribution is 2.65. The Morgan fingerprint density at radius 3 is 2.72 bits per heavy atom. The minimum Gasteiger partial charge on any atom is -0.462 e. The molecule has 25 heavy (non-hydrogen) atoms. The van der Waals surface area contributed by atoms with Crippen LogP contribution >= 0.6 is 0 Å². The first-order valence-electron chi connectivity index (χ1n) is 9.85. The van der Waals surface area contributed by atoms with Crippen LogP contribution in [0, 0.1) is 28.6 Å². The van der Waals surface area contributed by atoms with Crippen molar-refractivity contribution in [3.05, 3.63) is 11.6 Å². The lowest BCUT2D eigenvalue weighted by Crippen LogP contribution is -2.53. The summed E-state index contributed by atoms with van der Waals surface area (Å²) in [6.45, 7) is 6.01. The van der Waals surface area contributed by atoms with Crippen LogP contribution in [0.2, 0.25) is 0 Å². The number of hydrogen-bond donors (Lipinski definition) is 1. The number of carbonyl (C=O) groups excluding carboxylic acids is 2. The molecule has 4 nitrogen and oxygen atoms in total. The zero-order valence-electron chi connectivity index (χ0n) is 15.6. The zero-order chi connectivity index (χ0) is 18.0. The molecule has 0 heterocycles. The molecule has 1 N–H and O–H groups in total. The highest BCUT2D eigenvalue weighted by atomic mass is 16.5. The molecule has 3 fully saturated rings. The van der Waals surface area contributed by atoms with Gasteiger partial charge in [-0.1, -0.05) is 19.4 Å². The maximum Gasteiger partial charge on any atom is 0.302 e. The summed E-state index contributed by atoms with van der Waals surface area (Å²) < 4.78 is 5.68. The van der Waals surface area contributed by atoms with Crippen LogP contribution in [0.1, 0.15) is 65.7 Å². The molecule has 3 saturated carbocycles. The molecule has 4 aliphatic rings. The lowest BCUT2D eigenvalue weighted by Gasteiger charge is -2.58. The molecule has 138 valence electrons. The van der Waals surface area contributed by atoms with Crippen LogP contribution in [0.15, 0.2) is 11.6 Å². The number of aliphatic hydroxyl groups is 1. The minimum atomic E-state index is -0.388. The Morgan fingerprint density at radius 1 is 1.24 bits per heavy atom. The van der Waals surface area contributed by atoms with E-state index in [1.807, 2.05) is 6.08 Å². The largest absolute Gasteiger partial charge is 0.462 e. The van der Waals surface area contributed by atoms with Crippen LogP contribution < -0.4 is 0 Å². The predicted octanol–water partition coefficient (Wildman–Crippen LogP) is 3.42. The van der Waals surface area contributed by atoms with Gasteiger partial charge in [-0.3, -0.25) is 9.59 Å². The molecule has 0 aliphatic heterocycles. The third-order valence-electron chi connectivity index (χ3n) is 8.19. The second-order valence-corrected chi connectivity index (χ2v) is 9.33. The Balaban J connectivity index is 1.69. The Morgan fingerprint density at radius 2 is 2.00 bits per heavy atom. The van der Waals surface area contributed by atoms with E-state index in [1.54, 1.807) is 0 Å². The zero-order valence-corrected chi connectivity index (χ0v) is 15.6. The summed E-state index contributed by atoms with van der Waals surface area (Å²) in [4.78, 5) is 23.5. The average molecular weight is 346 g/mol. The van der Waals surface area contributed by atoms with Crippen molar-refractivity contribution >= 4 is 11.8 Å². The lowest BCUT2D eigenvalue weighted by atomic mass is 9.47. The molecule has 0 saturated heterocycles. The van der Waals surface area contributed by atoms with E-state index in [4.69, 9.17) is 4.74 Å². The van der Waals surface area contributed by atoms with Crippen LogP contribution in [0.25, 0.3) is 0 Å². The first kappa shape index (κ1) is 17.3. The molecule has 4 aliphatic carbocycles. The van der Waals surface area contributed by atoms with Crippen molar-refractivity contribution in [2.45, 2.75) is 77.9 Å². The van der Waals surface area contributed by atoms with E-state index in [0.29, 0.717) is 24.7 Å². The van der Waals surface area contributed by atoms with Crippen molar-refractivity contribution < 1.29 is 19.4 Å². The van der Waals surface area contributed by atoms with Gasteiger partial charge in [0.1, 0.15) is 6.10 Å². The fraction of sp³-hybridized carbons (Fsp3) is 0.810. The second kappa shape index (κ2) is 5.67. The number of ether oxygens (including phenoxy) is 1. The maximum absolute atomic E-state index is 11.9. The fourth-order valence-electron chi connectivity index (χ4n) is 6.90. The molecule has 4 rings (SSSR count). The van der Waals surface area contributed by atoms with Crippen LogP contribution in [-0.2, 0) is 14.3 Å². The summed E-state index contributed by atoms with van der Waals surface area (Å²) in [6, 6.07) is 0. The first-order valence-corrected chi connectivity index (χ1v) is 9.85. The topological polar surface area (TPSA) is 63.6 Å². The number of esters is 1. The van der Waals surface area contributed by atoms with E-state index in [0.717, 1.165) is 32.1 Å². The molecule has 1 unspecified atom stereocenters. The van der Waals surface area contributed by atoms with Crippen molar-refractivity contribution in [2.24, 2.45) is 28.6 Å². The molecule has 0 aromatic heterocycles. The molecule has 0 aromatic carbocycles. The van der Waals surface area contributed by atoms with Crippen molar-refractivity contribution in [2.75, 3.05) is 0 Å². The third kappa shape index (κ3) is 2.43. The maximum atomic E-state index is 11.9. The van der Waals surface area contributed by atoms with Gasteiger partial charge in [-0.25, -0.2) is 0 Å².